The normalized spacial score (nSPS) is 11.6. The number of allylic oxidation sites excluding steroid dienone is 1. The van der Waals surface area contributed by atoms with Gasteiger partial charge in [-0.25, -0.2) is 0 Å². The van der Waals surface area contributed by atoms with E-state index in [9.17, 15) is 4.79 Å². The second kappa shape index (κ2) is 13.1. The number of benzene rings is 4. The van der Waals surface area contributed by atoms with Gasteiger partial charge in [-0.2, -0.15) is 4.89 Å². The Labute approximate surface area is 232 Å². The van der Waals surface area contributed by atoms with Crippen molar-refractivity contribution in [3.05, 3.63) is 131 Å². The van der Waals surface area contributed by atoms with E-state index in [1.807, 2.05) is 24.3 Å². The van der Waals surface area contributed by atoms with Crippen molar-refractivity contribution in [3.8, 4) is 5.75 Å². The molecule has 0 aliphatic rings. The fourth-order valence-corrected chi connectivity index (χ4v) is 4.25. The van der Waals surface area contributed by atoms with Crippen LogP contribution in [-0.2, 0) is 22.5 Å². The summed E-state index contributed by atoms with van der Waals surface area (Å²) in [5.74, 6) is 0.595. The van der Waals surface area contributed by atoms with Crippen LogP contribution in [0.3, 0.4) is 0 Å². The van der Waals surface area contributed by atoms with Crippen molar-refractivity contribution in [3.63, 3.8) is 0 Å². The van der Waals surface area contributed by atoms with Gasteiger partial charge in [0.25, 0.3) is 0 Å². The average Bonchev–Trinajstić information content (AvgIpc) is 2.94. The third-order valence-corrected chi connectivity index (χ3v) is 6.66. The lowest BCUT2D eigenvalue weighted by Gasteiger charge is -2.26. The number of rotatable bonds is 12. The predicted molar refractivity (Wildman–Crippen MR) is 160 cm³/mol. The van der Waals surface area contributed by atoms with Gasteiger partial charge in [0.15, 0.2) is 11.5 Å². The topological polar surface area (TPSA) is 38.8 Å². The van der Waals surface area contributed by atoms with Gasteiger partial charge in [0.05, 0.1) is 0 Å². The number of anilines is 3. The molecule has 39 heavy (non-hydrogen) atoms. The summed E-state index contributed by atoms with van der Waals surface area (Å²) in [4.78, 5) is 24.8. The smallest absolute Gasteiger partial charge is 0.165 e. The summed E-state index contributed by atoms with van der Waals surface area (Å²) in [6.07, 6.45) is 1.76. The highest BCUT2D eigenvalue weighted by Gasteiger charge is 2.13. The molecule has 0 fully saturated rings. The lowest BCUT2D eigenvalue weighted by molar-refractivity contribution is -0.239. The molecule has 0 heterocycles. The zero-order valence-electron chi connectivity index (χ0n) is 23.3. The predicted octanol–water partition coefficient (Wildman–Crippen LogP) is 8.79. The number of carbonyl (C=O) groups excluding carboxylic acids is 1. The molecular weight excluding hydrogens is 482 g/mol. The monoisotopic (exact) mass is 519 g/mol. The molecule has 0 radical (unpaired) electrons. The largest absolute Gasteiger partial charge is 0.337 e. The summed E-state index contributed by atoms with van der Waals surface area (Å²) in [6.45, 7) is 11.4. The molecule has 0 bridgehead atoms. The Bertz CT molecular complexity index is 1330. The molecule has 0 aromatic heterocycles. The molecule has 0 aliphatic carbocycles. The minimum absolute atomic E-state index is 0.0208. The molecule has 0 saturated carbocycles. The van der Waals surface area contributed by atoms with Crippen LogP contribution >= 0.6 is 0 Å². The SMILES string of the molecule is C=C(C)C(=O)CC(C)OOc1ccc(CCc2ccc(N(c3ccc(C)cc3)c3ccc(C)cc3)cc2)cc1. The van der Waals surface area contributed by atoms with Crippen molar-refractivity contribution in [2.24, 2.45) is 0 Å². The van der Waals surface area contributed by atoms with Crippen LogP contribution in [0.5, 0.6) is 5.75 Å². The Morgan fingerprint density at radius 3 is 1.56 bits per heavy atom. The molecular formula is C35H37NO3. The summed E-state index contributed by atoms with van der Waals surface area (Å²) in [5, 5.41) is 0. The first-order valence-electron chi connectivity index (χ1n) is 13.4. The van der Waals surface area contributed by atoms with Gasteiger partial charge in [-0.3, -0.25) is 4.79 Å². The lowest BCUT2D eigenvalue weighted by atomic mass is 10.0. The van der Waals surface area contributed by atoms with Crippen molar-refractivity contribution >= 4 is 22.8 Å². The van der Waals surface area contributed by atoms with Gasteiger partial charge in [0.1, 0.15) is 6.10 Å². The molecule has 4 aromatic rings. The molecule has 0 N–H and O–H groups in total. The van der Waals surface area contributed by atoms with Gasteiger partial charge in [0.2, 0.25) is 0 Å². The minimum atomic E-state index is -0.343. The number of aryl methyl sites for hydroxylation is 4. The van der Waals surface area contributed by atoms with Gasteiger partial charge in [-0.05, 0) is 106 Å². The molecule has 0 saturated heterocycles. The van der Waals surface area contributed by atoms with Crippen LogP contribution in [0.1, 0.15) is 42.5 Å². The van der Waals surface area contributed by atoms with E-state index in [4.69, 9.17) is 9.78 Å². The minimum Gasteiger partial charge on any atom is -0.337 e. The molecule has 1 unspecified atom stereocenters. The van der Waals surface area contributed by atoms with Crippen LogP contribution in [0.4, 0.5) is 17.1 Å². The molecule has 1 atom stereocenters. The first kappa shape index (κ1) is 27.9. The zero-order chi connectivity index (χ0) is 27.8. The number of hydrogen-bond acceptors (Lipinski definition) is 4. The van der Waals surface area contributed by atoms with Gasteiger partial charge >= 0.3 is 0 Å². The highest BCUT2D eigenvalue weighted by atomic mass is 17.2. The summed E-state index contributed by atoms with van der Waals surface area (Å²) in [7, 11) is 0. The standard InChI is InChI=1S/C35H37NO3/c1-25(2)35(37)24-28(5)38-39-34-22-14-30(15-23-34)11-10-29-12-20-33(21-13-29)36(31-16-6-26(3)7-17-31)32-18-8-27(4)9-19-32/h6-9,12-23,28H,1,10-11,24H2,2-5H3. The number of carbonyl (C=O) groups is 1. The molecule has 0 amide bonds. The third-order valence-electron chi connectivity index (χ3n) is 6.66. The summed E-state index contributed by atoms with van der Waals surface area (Å²) < 4.78 is 0. The van der Waals surface area contributed by atoms with E-state index in [1.165, 1.54) is 22.3 Å². The van der Waals surface area contributed by atoms with E-state index >= 15 is 0 Å². The van der Waals surface area contributed by atoms with Crippen molar-refractivity contribution in [1.29, 1.82) is 0 Å². The second-order valence-electron chi connectivity index (χ2n) is 10.2. The van der Waals surface area contributed by atoms with E-state index in [0.29, 0.717) is 11.3 Å². The van der Waals surface area contributed by atoms with Crippen LogP contribution in [0.25, 0.3) is 0 Å². The first-order valence-corrected chi connectivity index (χ1v) is 13.4. The van der Waals surface area contributed by atoms with Gasteiger partial charge in [-0.15, -0.1) is 0 Å². The maximum Gasteiger partial charge on any atom is 0.165 e. The summed E-state index contributed by atoms with van der Waals surface area (Å²) in [5.41, 5.74) is 8.93. The molecule has 4 heteroatoms. The molecule has 0 spiro atoms. The van der Waals surface area contributed by atoms with Gasteiger partial charge < -0.3 is 9.79 Å². The fraction of sp³-hybridized carbons (Fsp3) is 0.229. The number of nitrogens with zero attached hydrogens (tertiary/aromatic N) is 1. The quantitative estimate of drug-likeness (QED) is 0.106. The van der Waals surface area contributed by atoms with E-state index < -0.39 is 0 Å². The Hall–Kier alpha value is -4.15. The Balaban J connectivity index is 1.37. The molecule has 0 aliphatic heterocycles. The highest BCUT2D eigenvalue weighted by Crippen LogP contribution is 2.34. The molecule has 200 valence electrons. The Morgan fingerprint density at radius 1 is 0.718 bits per heavy atom. The van der Waals surface area contributed by atoms with E-state index in [1.54, 1.807) is 13.8 Å². The first-order chi connectivity index (χ1) is 18.8. The van der Waals surface area contributed by atoms with Crippen LogP contribution < -0.4 is 9.79 Å². The van der Waals surface area contributed by atoms with E-state index in [2.05, 4.69) is 98.1 Å². The molecule has 4 nitrogen and oxygen atoms in total. The Morgan fingerprint density at radius 2 is 1.13 bits per heavy atom. The lowest BCUT2D eigenvalue weighted by Crippen LogP contribution is -2.16. The fourth-order valence-electron chi connectivity index (χ4n) is 4.25. The van der Waals surface area contributed by atoms with Gasteiger partial charge in [-0.1, -0.05) is 66.2 Å². The van der Waals surface area contributed by atoms with Crippen molar-refractivity contribution < 1.29 is 14.6 Å². The van der Waals surface area contributed by atoms with E-state index in [0.717, 1.165) is 29.9 Å². The molecule has 4 rings (SSSR count). The highest BCUT2D eigenvalue weighted by molar-refractivity contribution is 5.94. The zero-order valence-corrected chi connectivity index (χ0v) is 23.3. The van der Waals surface area contributed by atoms with Crippen molar-refractivity contribution in [2.45, 2.75) is 53.1 Å². The van der Waals surface area contributed by atoms with Crippen LogP contribution in [0.2, 0.25) is 0 Å². The average molecular weight is 520 g/mol. The summed E-state index contributed by atoms with van der Waals surface area (Å²) in [6, 6.07) is 34.0. The number of hydrogen-bond donors (Lipinski definition) is 0. The maximum atomic E-state index is 11.8. The van der Waals surface area contributed by atoms with Crippen LogP contribution in [0.15, 0.2) is 109 Å². The van der Waals surface area contributed by atoms with Crippen molar-refractivity contribution in [1.82, 2.24) is 0 Å². The number of ketones is 1. The van der Waals surface area contributed by atoms with E-state index in [-0.39, 0.29) is 18.3 Å². The van der Waals surface area contributed by atoms with Crippen molar-refractivity contribution in [2.75, 3.05) is 4.90 Å². The van der Waals surface area contributed by atoms with Gasteiger partial charge in [0, 0.05) is 23.5 Å². The van der Waals surface area contributed by atoms with Crippen LogP contribution in [0, 0.1) is 13.8 Å². The second-order valence-corrected chi connectivity index (χ2v) is 10.2. The summed E-state index contributed by atoms with van der Waals surface area (Å²) >= 11 is 0. The number of Topliss-reactive ketones (excluding diaryl/α,β-unsaturated/α-hetero) is 1. The Kier molecular flexibility index (Phi) is 9.35. The third kappa shape index (κ3) is 7.92. The maximum absolute atomic E-state index is 11.8. The molecule has 4 aromatic carbocycles. The van der Waals surface area contributed by atoms with Crippen LogP contribution in [-0.4, -0.2) is 11.9 Å².